The summed E-state index contributed by atoms with van der Waals surface area (Å²) in [5.74, 6) is -2.21. The SMILES string of the molecule is CC/C=C(C)/C=C/CCC[C@]1(OC)CC[C@@H]([C@@H](C)C(=O)O)OO1. The van der Waals surface area contributed by atoms with Crippen LogP contribution in [0.5, 0.6) is 0 Å². The minimum Gasteiger partial charge on any atom is -0.481 e. The van der Waals surface area contributed by atoms with Gasteiger partial charge in [-0.15, -0.1) is 0 Å². The molecular weight excluding hydrogens is 296 g/mol. The van der Waals surface area contributed by atoms with Crippen molar-refractivity contribution in [2.24, 2.45) is 5.92 Å². The van der Waals surface area contributed by atoms with Gasteiger partial charge in [0.1, 0.15) is 6.10 Å². The van der Waals surface area contributed by atoms with Crippen LogP contribution in [0.3, 0.4) is 0 Å². The monoisotopic (exact) mass is 326 g/mol. The maximum absolute atomic E-state index is 11.0. The number of unbranched alkanes of at least 4 members (excludes halogenated alkanes) is 1. The lowest BCUT2D eigenvalue weighted by Crippen LogP contribution is -2.44. The minimum atomic E-state index is -0.871. The lowest BCUT2D eigenvalue weighted by molar-refractivity contribution is -0.469. The van der Waals surface area contributed by atoms with Gasteiger partial charge >= 0.3 is 5.97 Å². The van der Waals surface area contributed by atoms with E-state index in [1.54, 1.807) is 14.0 Å². The molecule has 1 heterocycles. The van der Waals surface area contributed by atoms with E-state index in [4.69, 9.17) is 19.6 Å². The first-order chi connectivity index (χ1) is 10.9. The maximum atomic E-state index is 11.0. The van der Waals surface area contributed by atoms with Crippen LogP contribution in [0.1, 0.15) is 59.3 Å². The van der Waals surface area contributed by atoms with E-state index >= 15 is 0 Å². The van der Waals surface area contributed by atoms with Crippen molar-refractivity contribution in [1.82, 2.24) is 0 Å². The summed E-state index contributed by atoms with van der Waals surface area (Å²) in [5.41, 5.74) is 1.27. The highest BCUT2D eigenvalue weighted by molar-refractivity contribution is 5.70. The molecule has 0 saturated carbocycles. The summed E-state index contributed by atoms with van der Waals surface area (Å²) in [5, 5.41) is 9.03. The summed E-state index contributed by atoms with van der Waals surface area (Å²) in [7, 11) is 1.61. The highest BCUT2D eigenvalue weighted by Gasteiger charge is 2.40. The summed E-state index contributed by atoms with van der Waals surface area (Å²) in [4.78, 5) is 21.7. The second-order valence-corrected chi connectivity index (χ2v) is 6.15. The first kappa shape index (κ1) is 19.9. The Morgan fingerprint density at radius 3 is 2.78 bits per heavy atom. The molecular formula is C18H30O5. The number of aliphatic carboxylic acids is 1. The summed E-state index contributed by atoms with van der Waals surface area (Å²) in [6, 6.07) is 0. The van der Waals surface area contributed by atoms with Gasteiger partial charge in [0, 0.05) is 20.0 Å². The van der Waals surface area contributed by atoms with Crippen molar-refractivity contribution in [3.8, 4) is 0 Å². The maximum Gasteiger partial charge on any atom is 0.308 e. The van der Waals surface area contributed by atoms with Gasteiger partial charge in [-0.05, 0) is 39.5 Å². The van der Waals surface area contributed by atoms with E-state index in [9.17, 15) is 4.79 Å². The van der Waals surface area contributed by atoms with Crippen molar-refractivity contribution in [3.05, 3.63) is 23.8 Å². The number of allylic oxidation sites excluding steroid dienone is 4. The van der Waals surface area contributed by atoms with E-state index in [1.165, 1.54) is 5.57 Å². The zero-order valence-electron chi connectivity index (χ0n) is 14.7. The predicted octanol–water partition coefficient (Wildman–Crippen LogP) is 4.24. The molecule has 0 amide bonds. The van der Waals surface area contributed by atoms with Gasteiger partial charge in [0.05, 0.1) is 5.92 Å². The second-order valence-electron chi connectivity index (χ2n) is 6.15. The van der Waals surface area contributed by atoms with Gasteiger partial charge in [0.2, 0.25) is 5.79 Å². The second kappa shape index (κ2) is 9.85. The van der Waals surface area contributed by atoms with Crippen LogP contribution >= 0.6 is 0 Å². The van der Waals surface area contributed by atoms with E-state index in [2.05, 4.69) is 32.1 Å². The smallest absolute Gasteiger partial charge is 0.308 e. The van der Waals surface area contributed by atoms with Crippen LogP contribution in [-0.4, -0.2) is 30.1 Å². The highest BCUT2D eigenvalue weighted by Crippen LogP contribution is 2.34. The third kappa shape index (κ3) is 6.45. The van der Waals surface area contributed by atoms with Crippen LogP contribution in [0, 0.1) is 5.92 Å². The molecule has 3 atom stereocenters. The standard InChI is InChI=1S/C18H30O5/c1-5-9-14(2)10-7-6-8-12-18(21-4)13-11-16(22-23-18)15(3)17(19)20/h7,9-10,15-16H,5-6,8,11-13H2,1-4H3,(H,19,20)/b10-7+,14-9+/t15-,16+,18-/m1/s1. The topological polar surface area (TPSA) is 65.0 Å². The number of hydrogen-bond acceptors (Lipinski definition) is 4. The van der Waals surface area contributed by atoms with E-state index in [0.29, 0.717) is 12.8 Å². The van der Waals surface area contributed by atoms with Crippen molar-refractivity contribution in [1.29, 1.82) is 0 Å². The number of hydrogen-bond donors (Lipinski definition) is 1. The van der Waals surface area contributed by atoms with Crippen molar-refractivity contribution < 1.29 is 24.4 Å². The van der Waals surface area contributed by atoms with Crippen molar-refractivity contribution in [3.63, 3.8) is 0 Å². The average molecular weight is 326 g/mol. The Labute approximate surface area is 139 Å². The zero-order valence-corrected chi connectivity index (χ0v) is 14.7. The Morgan fingerprint density at radius 2 is 2.26 bits per heavy atom. The molecule has 5 nitrogen and oxygen atoms in total. The van der Waals surface area contributed by atoms with E-state index in [-0.39, 0.29) is 0 Å². The molecule has 1 aliphatic heterocycles. The molecule has 1 saturated heterocycles. The predicted molar refractivity (Wildman–Crippen MR) is 88.8 cm³/mol. The molecule has 0 aromatic heterocycles. The fourth-order valence-corrected chi connectivity index (χ4v) is 2.65. The van der Waals surface area contributed by atoms with Gasteiger partial charge in [-0.25, -0.2) is 9.78 Å². The van der Waals surface area contributed by atoms with Crippen molar-refractivity contribution >= 4 is 5.97 Å². The summed E-state index contributed by atoms with van der Waals surface area (Å²) < 4.78 is 5.50. The first-order valence-corrected chi connectivity index (χ1v) is 8.40. The zero-order chi connectivity index (χ0) is 17.3. The highest BCUT2D eigenvalue weighted by atomic mass is 17.2. The molecule has 0 aliphatic carbocycles. The van der Waals surface area contributed by atoms with Gasteiger partial charge in [-0.2, -0.15) is 0 Å². The first-order valence-electron chi connectivity index (χ1n) is 8.40. The Bertz CT molecular complexity index is 419. The molecule has 0 unspecified atom stereocenters. The average Bonchev–Trinajstić information content (AvgIpc) is 2.54. The molecule has 5 heteroatoms. The number of ether oxygens (including phenoxy) is 1. The molecule has 1 aliphatic rings. The fraction of sp³-hybridized carbons (Fsp3) is 0.722. The van der Waals surface area contributed by atoms with Gasteiger partial charge in [0.15, 0.2) is 0 Å². The molecule has 1 fully saturated rings. The normalized spacial score (nSPS) is 27.3. The fourth-order valence-electron chi connectivity index (χ4n) is 2.65. The third-order valence-corrected chi connectivity index (χ3v) is 4.29. The Kier molecular flexibility index (Phi) is 8.52. The molecule has 0 spiro atoms. The summed E-state index contributed by atoms with van der Waals surface area (Å²) in [6.07, 6.45) is 11.0. The van der Waals surface area contributed by atoms with Gasteiger partial charge in [-0.1, -0.05) is 30.7 Å². The molecule has 132 valence electrons. The molecule has 1 N–H and O–H groups in total. The third-order valence-electron chi connectivity index (χ3n) is 4.29. The van der Waals surface area contributed by atoms with Crippen LogP contribution in [0.2, 0.25) is 0 Å². The summed E-state index contributed by atoms with van der Waals surface area (Å²) in [6.45, 7) is 5.85. The van der Waals surface area contributed by atoms with Gasteiger partial charge < -0.3 is 9.84 Å². The number of methoxy groups -OCH3 is 1. The van der Waals surface area contributed by atoms with Crippen LogP contribution in [0.25, 0.3) is 0 Å². The summed E-state index contributed by atoms with van der Waals surface area (Å²) >= 11 is 0. The molecule has 0 radical (unpaired) electrons. The lowest BCUT2D eigenvalue weighted by atomic mass is 9.94. The number of carboxylic acids is 1. The minimum absolute atomic E-state index is 0.419. The molecule has 0 bridgehead atoms. The lowest BCUT2D eigenvalue weighted by Gasteiger charge is -2.38. The van der Waals surface area contributed by atoms with Crippen LogP contribution in [0.4, 0.5) is 0 Å². The van der Waals surface area contributed by atoms with E-state index < -0.39 is 23.8 Å². The molecule has 1 rings (SSSR count). The number of carbonyl (C=O) groups is 1. The van der Waals surface area contributed by atoms with Crippen LogP contribution in [0.15, 0.2) is 23.8 Å². The molecule has 0 aromatic rings. The van der Waals surface area contributed by atoms with Gasteiger partial charge in [0.25, 0.3) is 0 Å². The number of carboxylic acid groups (broad SMARTS) is 1. The Hall–Kier alpha value is -1.17. The van der Waals surface area contributed by atoms with Crippen LogP contribution in [-0.2, 0) is 19.3 Å². The number of rotatable bonds is 9. The Balaban J connectivity index is 2.40. The molecule has 0 aromatic carbocycles. The van der Waals surface area contributed by atoms with Crippen molar-refractivity contribution in [2.75, 3.05) is 7.11 Å². The largest absolute Gasteiger partial charge is 0.481 e. The van der Waals surface area contributed by atoms with E-state index in [0.717, 1.165) is 25.7 Å². The Morgan fingerprint density at radius 1 is 1.52 bits per heavy atom. The van der Waals surface area contributed by atoms with Gasteiger partial charge in [-0.3, -0.25) is 4.79 Å². The van der Waals surface area contributed by atoms with Crippen molar-refractivity contribution in [2.45, 2.75) is 71.2 Å². The molecule has 23 heavy (non-hydrogen) atoms. The van der Waals surface area contributed by atoms with Crippen LogP contribution < -0.4 is 0 Å². The quantitative estimate of drug-likeness (QED) is 0.390. The van der Waals surface area contributed by atoms with E-state index in [1.807, 2.05) is 0 Å².